The fraction of sp³-hybridized carbons (Fsp3) is 0.333. The molecule has 0 atom stereocenters. The van der Waals surface area contributed by atoms with Gasteiger partial charge in [0, 0.05) is 23.3 Å². The monoisotopic (exact) mass is 342 g/mol. The van der Waals surface area contributed by atoms with Crippen LogP contribution in [0.1, 0.15) is 29.8 Å². The van der Waals surface area contributed by atoms with Crippen LogP contribution in [0.15, 0.2) is 36.7 Å². The molecule has 7 heteroatoms. The number of nitrogens with one attached hydrogen (secondary N) is 1. The van der Waals surface area contributed by atoms with E-state index in [1.165, 1.54) is 0 Å². The van der Waals surface area contributed by atoms with Gasteiger partial charge in [0.1, 0.15) is 0 Å². The number of carbonyl (C=O) groups excluding carboxylic acids is 1. The third-order valence-electron chi connectivity index (χ3n) is 3.15. The first-order valence-electron chi connectivity index (χ1n) is 6.70. The van der Waals surface area contributed by atoms with Crippen LogP contribution in [0.25, 0.3) is 0 Å². The van der Waals surface area contributed by atoms with Crippen LogP contribution in [0.3, 0.4) is 0 Å². The number of halogens is 2. The van der Waals surface area contributed by atoms with Crippen molar-refractivity contribution in [2.24, 2.45) is 5.73 Å². The van der Waals surface area contributed by atoms with E-state index < -0.39 is 5.54 Å². The summed E-state index contributed by atoms with van der Waals surface area (Å²) in [7, 11) is 0. The van der Waals surface area contributed by atoms with Crippen LogP contribution in [-0.2, 0) is 6.54 Å². The van der Waals surface area contributed by atoms with Crippen molar-refractivity contribution in [1.82, 2.24) is 15.1 Å². The molecule has 0 radical (unpaired) electrons. The molecule has 1 amide bonds. The fourth-order valence-electron chi connectivity index (χ4n) is 1.80. The van der Waals surface area contributed by atoms with Gasteiger partial charge in [0.05, 0.1) is 18.3 Å². The highest BCUT2D eigenvalue weighted by molar-refractivity contribution is 6.31. The van der Waals surface area contributed by atoms with Crippen LogP contribution in [0.5, 0.6) is 0 Å². The molecule has 0 aliphatic carbocycles. The minimum absolute atomic E-state index is 0. The summed E-state index contributed by atoms with van der Waals surface area (Å²) >= 11 is 6.12. The molecule has 0 fully saturated rings. The maximum Gasteiger partial charge on any atom is 0.254 e. The van der Waals surface area contributed by atoms with E-state index >= 15 is 0 Å². The summed E-state index contributed by atoms with van der Waals surface area (Å²) in [5, 5.41) is 7.75. The Labute approximate surface area is 141 Å². The SMILES string of the molecule is CC(C)(CN)NC(=O)c1cnn(Cc2ccccc2Cl)c1.Cl. The first kappa shape index (κ1) is 18.5. The Hall–Kier alpha value is -1.56. The standard InChI is InChI=1S/C15H19ClN4O.ClH/c1-15(2,10-17)19-14(21)12-7-18-20(9-12)8-11-5-3-4-6-13(11)16;/h3-7,9H,8,10,17H2,1-2H3,(H,19,21);1H. The third-order valence-corrected chi connectivity index (χ3v) is 3.52. The van der Waals surface area contributed by atoms with Crippen molar-refractivity contribution in [3.05, 3.63) is 52.8 Å². The van der Waals surface area contributed by atoms with E-state index in [4.69, 9.17) is 17.3 Å². The number of nitrogens with zero attached hydrogens (tertiary/aromatic N) is 2. The number of benzene rings is 1. The highest BCUT2D eigenvalue weighted by atomic mass is 35.5. The summed E-state index contributed by atoms with van der Waals surface area (Å²) in [4.78, 5) is 12.1. The minimum Gasteiger partial charge on any atom is -0.346 e. The Balaban J connectivity index is 0.00000242. The van der Waals surface area contributed by atoms with Gasteiger partial charge < -0.3 is 11.1 Å². The number of aromatic nitrogens is 2. The minimum atomic E-state index is -0.443. The summed E-state index contributed by atoms with van der Waals surface area (Å²) in [5.41, 5.74) is 6.62. The topological polar surface area (TPSA) is 72.9 Å². The molecule has 1 aromatic heterocycles. The zero-order chi connectivity index (χ0) is 15.5. The molecule has 0 spiro atoms. The molecule has 22 heavy (non-hydrogen) atoms. The normalized spacial score (nSPS) is 10.9. The highest BCUT2D eigenvalue weighted by Gasteiger charge is 2.20. The lowest BCUT2D eigenvalue weighted by atomic mass is 10.1. The summed E-state index contributed by atoms with van der Waals surface area (Å²) in [6.07, 6.45) is 3.24. The van der Waals surface area contributed by atoms with Gasteiger partial charge in [-0.05, 0) is 25.5 Å². The van der Waals surface area contributed by atoms with Gasteiger partial charge in [0.15, 0.2) is 0 Å². The third kappa shape index (κ3) is 4.73. The summed E-state index contributed by atoms with van der Waals surface area (Å²) in [5.74, 6) is -0.184. The van der Waals surface area contributed by atoms with Crippen molar-refractivity contribution >= 4 is 29.9 Å². The summed E-state index contributed by atoms with van der Waals surface area (Å²) in [6.45, 7) is 4.64. The first-order valence-corrected chi connectivity index (χ1v) is 7.07. The van der Waals surface area contributed by atoms with Crippen LogP contribution in [0, 0.1) is 0 Å². The lowest BCUT2D eigenvalue weighted by Gasteiger charge is -2.23. The van der Waals surface area contributed by atoms with Crippen molar-refractivity contribution in [2.45, 2.75) is 25.9 Å². The van der Waals surface area contributed by atoms with Gasteiger partial charge in [0.2, 0.25) is 0 Å². The first-order chi connectivity index (χ1) is 9.91. The quantitative estimate of drug-likeness (QED) is 0.876. The zero-order valence-electron chi connectivity index (χ0n) is 12.5. The van der Waals surface area contributed by atoms with E-state index in [-0.39, 0.29) is 18.3 Å². The van der Waals surface area contributed by atoms with Gasteiger partial charge in [-0.25, -0.2) is 0 Å². The van der Waals surface area contributed by atoms with E-state index in [0.717, 1.165) is 5.56 Å². The molecule has 1 aromatic carbocycles. The summed E-state index contributed by atoms with van der Waals surface area (Å²) in [6, 6.07) is 7.56. The maximum absolute atomic E-state index is 12.1. The molecule has 3 N–H and O–H groups in total. The predicted molar refractivity (Wildman–Crippen MR) is 90.6 cm³/mol. The molecule has 120 valence electrons. The number of rotatable bonds is 5. The van der Waals surface area contributed by atoms with Crippen molar-refractivity contribution < 1.29 is 4.79 Å². The Morgan fingerprint density at radius 1 is 1.41 bits per heavy atom. The van der Waals surface area contributed by atoms with Crippen molar-refractivity contribution in [3.63, 3.8) is 0 Å². The van der Waals surface area contributed by atoms with Gasteiger partial charge in [-0.15, -0.1) is 12.4 Å². The number of amides is 1. The smallest absolute Gasteiger partial charge is 0.254 e. The molecule has 0 saturated heterocycles. The number of hydrogen-bond acceptors (Lipinski definition) is 3. The Morgan fingerprint density at radius 3 is 2.73 bits per heavy atom. The van der Waals surface area contributed by atoms with Crippen molar-refractivity contribution in [3.8, 4) is 0 Å². The van der Waals surface area contributed by atoms with Crippen molar-refractivity contribution in [2.75, 3.05) is 6.54 Å². The van der Waals surface area contributed by atoms with Crippen LogP contribution in [0.2, 0.25) is 5.02 Å². The molecule has 0 bridgehead atoms. The van der Waals surface area contributed by atoms with Crippen LogP contribution in [-0.4, -0.2) is 27.8 Å². The molecule has 0 unspecified atom stereocenters. The predicted octanol–water partition coefficient (Wildman–Crippen LogP) is 2.47. The average molecular weight is 343 g/mol. The Kier molecular flexibility index (Phi) is 6.41. The number of nitrogens with two attached hydrogens (primary N) is 1. The van der Waals surface area contributed by atoms with E-state index in [0.29, 0.717) is 23.7 Å². The van der Waals surface area contributed by atoms with Crippen molar-refractivity contribution in [1.29, 1.82) is 0 Å². The lowest BCUT2D eigenvalue weighted by Crippen LogP contribution is -2.48. The van der Waals surface area contributed by atoms with Gasteiger partial charge in [-0.3, -0.25) is 9.48 Å². The second-order valence-corrected chi connectivity index (χ2v) is 5.97. The molecule has 0 aliphatic rings. The second kappa shape index (κ2) is 7.63. The van der Waals surface area contributed by atoms with E-state index in [1.54, 1.807) is 17.1 Å². The Bertz CT molecular complexity index is 640. The van der Waals surface area contributed by atoms with Gasteiger partial charge in [-0.2, -0.15) is 5.10 Å². The fourth-order valence-corrected chi connectivity index (χ4v) is 1.99. The molecular formula is C15H20Cl2N4O. The molecule has 0 aliphatic heterocycles. The van der Waals surface area contributed by atoms with Gasteiger partial charge in [-0.1, -0.05) is 29.8 Å². The molecule has 1 heterocycles. The number of carbonyl (C=O) groups is 1. The zero-order valence-corrected chi connectivity index (χ0v) is 14.1. The summed E-state index contributed by atoms with van der Waals surface area (Å²) < 4.78 is 1.69. The number of hydrogen-bond donors (Lipinski definition) is 2. The second-order valence-electron chi connectivity index (χ2n) is 5.56. The van der Waals surface area contributed by atoms with E-state index in [2.05, 4.69) is 10.4 Å². The Morgan fingerprint density at radius 2 is 2.09 bits per heavy atom. The molecule has 2 rings (SSSR count). The maximum atomic E-state index is 12.1. The largest absolute Gasteiger partial charge is 0.346 e. The van der Waals surface area contributed by atoms with Crippen LogP contribution in [0.4, 0.5) is 0 Å². The molecule has 0 saturated carbocycles. The lowest BCUT2D eigenvalue weighted by molar-refractivity contribution is 0.0915. The van der Waals surface area contributed by atoms with E-state index in [9.17, 15) is 4.79 Å². The average Bonchev–Trinajstić information content (AvgIpc) is 2.90. The van der Waals surface area contributed by atoms with Gasteiger partial charge >= 0.3 is 0 Å². The van der Waals surface area contributed by atoms with Gasteiger partial charge in [0.25, 0.3) is 5.91 Å². The van der Waals surface area contributed by atoms with Crippen LogP contribution >= 0.6 is 24.0 Å². The molecule has 5 nitrogen and oxygen atoms in total. The molecular weight excluding hydrogens is 323 g/mol. The van der Waals surface area contributed by atoms with E-state index in [1.807, 2.05) is 38.1 Å². The highest BCUT2D eigenvalue weighted by Crippen LogP contribution is 2.16. The molecule has 2 aromatic rings. The van der Waals surface area contributed by atoms with Crippen LogP contribution < -0.4 is 11.1 Å².